The first kappa shape index (κ1) is 19.4. The normalized spacial score (nSPS) is 14.0. The van der Waals surface area contributed by atoms with E-state index < -0.39 is 0 Å². The van der Waals surface area contributed by atoms with Crippen molar-refractivity contribution in [2.75, 3.05) is 13.2 Å². The van der Waals surface area contributed by atoms with E-state index in [9.17, 15) is 4.79 Å². The minimum Gasteiger partial charge on any atom is -0.461 e. The van der Waals surface area contributed by atoms with Crippen LogP contribution in [0.3, 0.4) is 0 Å². The van der Waals surface area contributed by atoms with Gasteiger partial charge in [-0.05, 0) is 31.4 Å². The average Bonchev–Trinajstić information content (AvgIpc) is 3.37. The van der Waals surface area contributed by atoms with Gasteiger partial charge < -0.3 is 4.74 Å². The Hall–Kier alpha value is -2.93. The van der Waals surface area contributed by atoms with Crippen LogP contribution in [0.15, 0.2) is 42.6 Å². The lowest BCUT2D eigenvalue weighted by Crippen LogP contribution is -2.31. The van der Waals surface area contributed by atoms with Gasteiger partial charge in [-0.1, -0.05) is 30.3 Å². The van der Waals surface area contributed by atoms with Gasteiger partial charge in [-0.25, -0.2) is 4.79 Å². The summed E-state index contributed by atoms with van der Waals surface area (Å²) in [6.07, 6.45) is 4.62. The molecule has 29 heavy (non-hydrogen) atoms. The predicted molar refractivity (Wildman–Crippen MR) is 109 cm³/mol. The van der Waals surface area contributed by atoms with Crippen LogP contribution in [0.4, 0.5) is 0 Å². The average molecular weight is 393 g/mol. The summed E-state index contributed by atoms with van der Waals surface area (Å²) in [5, 5.41) is 11.7. The van der Waals surface area contributed by atoms with Crippen LogP contribution in [0.1, 0.15) is 46.3 Å². The number of hydrogen-bond acceptors (Lipinski definition) is 5. The Morgan fingerprint density at radius 3 is 2.86 bits per heavy atom. The van der Waals surface area contributed by atoms with Crippen LogP contribution in [-0.4, -0.2) is 44.0 Å². The number of H-pyrrole nitrogens is 1. The first-order valence-corrected chi connectivity index (χ1v) is 10.2. The summed E-state index contributed by atoms with van der Waals surface area (Å²) >= 11 is 0. The molecule has 152 valence electrons. The number of benzene rings is 1. The molecular formula is C22H27N5O2. The molecule has 7 nitrogen and oxygen atoms in total. The summed E-state index contributed by atoms with van der Waals surface area (Å²) < 4.78 is 7.30. The van der Waals surface area contributed by atoms with E-state index in [4.69, 9.17) is 4.74 Å². The molecule has 0 saturated carbocycles. The summed E-state index contributed by atoms with van der Waals surface area (Å²) in [6.45, 7) is 5.38. The van der Waals surface area contributed by atoms with Crippen molar-refractivity contribution in [2.24, 2.45) is 0 Å². The van der Waals surface area contributed by atoms with E-state index >= 15 is 0 Å². The molecular weight excluding hydrogens is 366 g/mol. The van der Waals surface area contributed by atoms with Crippen LogP contribution >= 0.6 is 0 Å². The molecule has 0 bridgehead atoms. The van der Waals surface area contributed by atoms with Gasteiger partial charge in [-0.15, -0.1) is 0 Å². The highest BCUT2D eigenvalue weighted by atomic mass is 16.5. The van der Waals surface area contributed by atoms with Gasteiger partial charge in [0.05, 0.1) is 6.61 Å². The second kappa shape index (κ2) is 9.05. The lowest BCUT2D eigenvalue weighted by molar-refractivity contribution is 0.0515. The summed E-state index contributed by atoms with van der Waals surface area (Å²) in [5.41, 5.74) is 5.04. The number of aromatic amines is 1. The van der Waals surface area contributed by atoms with Crippen molar-refractivity contribution in [3.8, 4) is 0 Å². The SMILES string of the molecule is CCOC(=O)c1nn(CCCc2ccccc2)c2c1CN(Cc1ccn[nH]1)CC2. The molecule has 2 aromatic heterocycles. The second-order valence-electron chi connectivity index (χ2n) is 7.35. The van der Waals surface area contributed by atoms with Gasteiger partial charge in [0.15, 0.2) is 5.69 Å². The van der Waals surface area contributed by atoms with Crippen LogP contribution in [0, 0.1) is 0 Å². The van der Waals surface area contributed by atoms with E-state index in [1.165, 1.54) is 11.3 Å². The lowest BCUT2D eigenvalue weighted by atomic mass is 10.0. The molecule has 0 radical (unpaired) electrons. The Bertz CT molecular complexity index is 934. The maximum absolute atomic E-state index is 12.5. The van der Waals surface area contributed by atoms with Crippen LogP contribution in [0.2, 0.25) is 0 Å². The zero-order valence-electron chi connectivity index (χ0n) is 16.8. The van der Waals surface area contributed by atoms with Gasteiger partial charge in [0.25, 0.3) is 0 Å². The fourth-order valence-electron chi connectivity index (χ4n) is 3.92. The van der Waals surface area contributed by atoms with E-state index in [2.05, 4.69) is 44.5 Å². The van der Waals surface area contributed by atoms with Gasteiger partial charge in [-0.2, -0.15) is 10.2 Å². The number of hydrogen-bond donors (Lipinski definition) is 1. The highest BCUT2D eigenvalue weighted by Crippen LogP contribution is 2.25. The van der Waals surface area contributed by atoms with Crippen LogP contribution < -0.4 is 0 Å². The van der Waals surface area contributed by atoms with E-state index in [1.807, 2.05) is 23.7 Å². The third-order valence-electron chi connectivity index (χ3n) is 5.31. The number of nitrogens with zero attached hydrogens (tertiary/aromatic N) is 4. The molecule has 0 amide bonds. The maximum Gasteiger partial charge on any atom is 0.359 e. The van der Waals surface area contributed by atoms with Crippen molar-refractivity contribution in [2.45, 2.75) is 45.8 Å². The fraction of sp³-hybridized carbons (Fsp3) is 0.409. The molecule has 7 heteroatoms. The topological polar surface area (TPSA) is 76.0 Å². The van der Waals surface area contributed by atoms with Crippen molar-refractivity contribution in [1.29, 1.82) is 0 Å². The number of rotatable bonds is 8. The number of nitrogens with one attached hydrogen (secondary N) is 1. The number of fused-ring (bicyclic) bond motifs is 1. The molecule has 0 fully saturated rings. The van der Waals surface area contributed by atoms with Gasteiger partial charge in [0.2, 0.25) is 0 Å². The Morgan fingerprint density at radius 1 is 1.24 bits per heavy atom. The van der Waals surface area contributed by atoms with Crippen molar-refractivity contribution in [1.82, 2.24) is 24.9 Å². The summed E-state index contributed by atoms with van der Waals surface area (Å²) in [6, 6.07) is 12.4. The Morgan fingerprint density at radius 2 is 2.10 bits per heavy atom. The van der Waals surface area contributed by atoms with E-state index in [-0.39, 0.29) is 5.97 Å². The van der Waals surface area contributed by atoms with Crippen LogP contribution in [-0.2, 0) is 37.2 Å². The Balaban J connectivity index is 1.50. The van der Waals surface area contributed by atoms with Crippen LogP contribution in [0.25, 0.3) is 0 Å². The number of aryl methyl sites for hydroxylation is 2. The molecule has 1 aliphatic heterocycles. The Labute approximate surface area is 170 Å². The molecule has 0 aliphatic carbocycles. The van der Waals surface area contributed by atoms with Gasteiger partial charge in [0, 0.05) is 55.7 Å². The monoisotopic (exact) mass is 393 g/mol. The molecule has 3 aromatic rings. The molecule has 1 aromatic carbocycles. The quantitative estimate of drug-likeness (QED) is 0.596. The molecule has 0 saturated heterocycles. The summed E-state index contributed by atoms with van der Waals surface area (Å²) in [4.78, 5) is 14.8. The molecule has 0 spiro atoms. The third kappa shape index (κ3) is 4.56. The van der Waals surface area contributed by atoms with Crippen molar-refractivity contribution < 1.29 is 9.53 Å². The summed E-state index contributed by atoms with van der Waals surface area (Å²) in [7, 11) is 0. The van der Waals surface area contributed by atoms with E-state index in [0.717, 1.165) is 50.2 Å². The number of carbonyl (C=O) groups is 1. The van der Waals surface area contributed by atoms with Gasteiger partial charge >= 0.3 is 5.97 Å². The number of esters is 1. The number of carbonyl (C=O) groups excluding carboxylic acids is 1. The zero-order valence-corrected chi connectivity index (χ0v) is 16.8. The first-order chi connectivity index (χ1) is 14.2. The number of aromatic nitrogens is 4. The largest absolute Gasteiger partial charge is 0.461 e. The van der Waals surface area contributed by atoms with E-state index in [1.54, 1.807) is 6.20 Å². The third-order valence-corrected chi connectivity index (χ3v) is 5.31. The number of ether oxygens (including phenoxy) is 1. The van der Waals surface area contributed by atoms with Crippen molar-refractivity contribution in [3.63, 3.8) is 0 Å². The molecule has 0 unspecified atom stereocenters. The highest BCUT2D eigenvalue weighted by Gasteiger charge is 2.28. The van der Waals surface area contributed by atoms with Gasteiger partial charge in [0.1, 0.15) is 0 Å². The first-order valence-electron chi connectivity index (χ1n) is 10.2. The summed E-state index contributed by atoms with van der Waals surface area (Å²) in [5.74, 6) is -0.325. The Kier molecular flexibility index (Phi) is 6.05. The molecule has 3 heterocycles. The van der Waals surface area contributed by atoms with Gasteiger partial charge in [-0.3, -0.25) is 14.7 Å². The molecule has 1 aliphatic rings. The minimum atomic E-state index is -0.325. The standard InChI is InChI=1S/C22H27N5O2/c1-2-29-22(28)21-19-16-26(15-18-10-12-23-24-18)14-11-20(19)27(25-21)13-6-9-17-7-4-3-5-8-17/h3-5,7-8,10,12H,2,6,9,11,13-16H2,1H3,(H,23,24). The lowest BCUT2D eigenvalue weighted by Gasteiger charge is -2.27. The smallest absolute Gasteiger partial charge is 0.359 e. The van der Waals surface area contributed by atoms with E-state index in [0.29, 0.717) is 18.8 Å². The van der Waals surface area contributed by atoms with Crippen LogP contribution in [0.5, 0.6) is 0 Å². The maximum atomic E-state index is 12.5. The zero-order chi connectivity index (χ0) is 20.1. The minimum absolute atomic E-state index is 0.325. The van der Waals surface area contributed by atoms with Crippen molar-refractivity contribution >= 4 is 5.97 Å². The second-order valence-corrected chi connectivity index (χ2v) is 7.35. The highest BCUT2D eigenvalue weighted by molar-refractivity contribution is 5.89. The molecule has 4 rings (SSSR count). The fourth-order valence-corrected chi connectivity index (χ4v) is 3.92. The van der Waals surface area contributed by atoms with Crippen molar-refractivity contribution in [3.05, 3.63) is 70.8 Å². The molecule has 0 atom stereocenters. The molecule has 1 N–H and O–H groups in total. The predicted octanol–water partition coefficient (Wildman–Crippen LogP) is 2.97.